The number of ether oxygens (including phenoxy) is 1. The first-order valence-electron chi connectivity index (χ1n) is 19.9. The van der Waals surface area contributed by atoms with Crippen molar-refractivity contribution in [3.05, 3.63) is 94.9 Å². The van der Waals surface area contributed by atoms with Gasteiger partial charge < -0.3 is 19.9 Å². The summed E-state index contributed by atoms with van der Waals surface area (Å²) in [7, 11) is 3.96. The molecule has 0 saturated carbocycles. The Morgan fingerprint density at radius 3 is 2.53 bits per heavy atom. The number of aromatic nitrogens is 1. The molecule has 2 aliphatic rings. The van der Waals surface area contributed by atoms with Crippen LogP contribution >= 0.6 is 0 Å². The number of likely N-dealkylation sites (N-methyl/N-ethyl adjacent to an activating group) is 1. The number of hydrogen-bond acceptors (Lipinski definition) is 8. The van der Waals surface area contributed by atoms with E-state index in [1.54, 1.807) is 25.3 Å². The van der Waals surface area contributed by atoms with Gasteiger partial charge in [0.25, 0.3) is 0 Å². The second kappa shape index (κ2) is 22.1. The Morgan fingerprint density at radius 1 is 1.15 bits per heavy atom. The minimum atomic E-state index is -0.426. The number of ketones is 1. The smallest absolute Gasteiger partial charge is 0.156 e. The molecule has 0 fully saturated rings. The maximum absolute atomic E-state index is 15.7. The number of hydrazone groups is 1. The lowest BCUT2D eigenvalue weighted by Crippen LogP contribution is -2.30. The number of benzene rings is 1. The van der Waals surface area contributed by atoms with Gasteiger partial charge in [0.2, 0.25) is 0 Å². The third-order valence-corrected chi connectivity index (χ3v) is 9.44. The van der Waals surface area contributed by atoms with Crippen LogP contribution in [0.5, 0.6) is 5.75 Å². The summed E-state index contributed by atoms with van der Waals surface area (Å²) in [6.45, 7) is 22.4. The van der Waals surface area contributed by atoms with E-state index >= 15 is 4.39 Å². The van der Waals surface area contributed by atoms with Gasteiger partial charge in [-0.3, -0.25) is 9.80 Å². The quantitative estimate of drug-likeness (QED) is 0.117. The topological polar surface area (TPSA) is 85.7 Å². The monoisotopic (exact) mass is 756 g/mol. The van der Waals surface area contributed by atoms with Crippen molar-refractivity contribution >= 4 is 29.3 Å². The summed E-state index contributed by atoms with van der Waals surface area (Å²) in [6.07, 6.45) is 20.1. The second-order valence-corrected chi connectivity index (χ2v) is 15.4. The van der Waals surface area contributed by atoms with Crippen molar-refractivity contribution in [1.82, 2.24) is 14.9 Å². The zero-order chi connectivity index (χ0) is 40.7. The molecule has 1 N–H and O–H groups in total. The number of carbonyl (C=O) groups excluding carboxylic acids is 1. The molecule has 0 aliphatic carbocycles. The highest BCUT2D eigenvalue weighted by molar-refractivity contribution is 6.08. The third kappa shape index (κ3) is 14.2. The third-order valence-electron chi connectivity index (χ3n) is 9.44. The highest BCUT2D eigenvalue weighted by Gasteiger charge is 2.24. The lowest BCUT2D eigenvalue weighted by molar-refractivity contribution is -0.112. The summed E-state index contributed by atoms with van der Waals surface area (Å²) in [4.78, 5) is 24.9. The van der Waals surface area contributed by atoms with Crippen LogP contribution in [0.2, 0.25) is 0 Å². The van der Waals surface area contributed by atoms with E-state index in [-0.39, 0.29) is 11.8 Å². The van der Waals surface area contributed by atoms with Gasteiger partial charge in [0.1, 0.15) is 28.8 Å². The highest BCUT2D eigenvalue weighted by atomic mass is 19.1. The Bertz CT molecular complexity index is 1760. The van der Waals surface area contributed by atoms with E-state index in [0.29, 0.717) is 40.9 Å². The Hall–Kier alpha value is -4.57. The maximum atomic E-state index is 15.7. The number of allylic oxidation sites excluding steroid dienone is 3. The molecule has 0 spiro atoms. The van der Waals surface area contributed by atoms with Gasteiger partial charge in [-0.15, -0.1) is 0 Å². The number of hydrogen-bond donors (Lipinski definition) is 1. The zero-order valence-electron chi connectivity index (χ0n) is 35.5. The Labute approximate surface area is 330 Å². The van der Waals surface area contributed by atoms with Crippen molar-refractivity contribution in [3.8, 4) is 5.75 Å². The molecule has 0 bridgehead atoms. The molecule has 0 saturated heterocycles. The van der Waals surface area contributed by atoms with Crippen LogP contribution in [0.1, 0.15) is 103 Å². The SMILES string of the molecule is CC(=O)/C=C/C(C)N(C)C.CC/C=C/N=C(Nc1cc(C)c(OC2=CC(C)N(/N=C\C(C)C)C=C2)cc1F)c1nc2c(cc1C)CCC(C)CN2CCCC. The van der Waals surface area contributed by atoms with Crippen molar-refractivity contribution < 1.29 is 13.9 Å². The fourth-order valence-electron chi connectivity index (χ4n) is 5.89. The Balaban J connectivity index is 0.000000712. The minimum Gasteiger partial charge on any atom is -0.457 e. The van der Waals surface area contributed by atoms with Crippen LogP contribution < -0.4 is 15.0 Å². The van der Waals surface area contributed by atoms with E-state index in [9.17, 15) is 4.79 Å². The first-order valence-corrected chi connectivity index (χ1v) is 19.9. The number of rotatable bonds is 14. The zero-order valence-corrected chi connectivity index (χ0v) is 35.5. The number of aliphatic imine (C=N–C) groups is 1. The van der Waals surface area contributed by atoms with Crippen LogP contribution in [-0.4, -0.2) is 72.0 Å². The number of nitrogens with zero attached hydrogens (tertiary/aromatic N) is 6. The Morgan fingerprint density at radius 2 is 1.89 bits per heavy atom. The van der Waals surface area contributed by atoms with Gasteiger partial charge in [0.05, 0.1) is 11.7 Å². The maximum Gasteiger partial charge on any atom is 0.156 e. The van der Waals surface area contributed by atoms with Crippen LogP contribution in [0, 0.1) is 31.5 Å². The average Bonchev–Trinajstić information content (AvgIpc) is 3.28. The highest BCUT2D eigenvalue weighted by Crippen LogP contribution is 2.32. The van der Waals surface area contributed by atoms with Crippen LogP contribution in [0.4, 0.5) is 15.9 Å². The molecule has 1 aromatic heterocycles. The van der Waals surface area contributed by atoms with Gasteiger partial charge in [0, 0.05) is 43.8 Å². The normalized spacial score (nSPS) is 18.2. The number of anilines is 2. The molecule has 0 radical (unpaired) electrons. The molecule has 2 aromatic rings. The van der Waals surface area contributed by atoms with Crippen molar-refractivity contribution in [2.45, 2.75) is 113 Å². The van der Waals surface area contributed by atoms with Gasteiger partial charge >= 0.3 is 0 Å². The number of aryl methyl sites for hydroxylation is 3. The number of pyridine rings is 1. The minimum absolute atomic E-state index is 0.0128. The molecule has 3 atom stereocenters. The second-order valence-electron chi connectivity index (χ2n) is 15.4. The van der Waals surface area contributed by atoms with Crippen molar-refractivity contribution in [1.29, 1.82) is 0 Å². The van der Waals surface area contributed by atoms with Gasteiger partial charge in [-0.05, 0) is 127 Å². The number of carbonyl (C=O) groups is 1. The van der Waals surface area contributed by atoms with Crippen molar-refractivity contribution in [3.63, 3.8) is 0 Å². The van der Waals surface area contributed by atoms with E-state index in [2.05, 4.69) is 62.9 Å². The lowest BCUT2D eigenvalue weighted by atomic mass is 10.0. The molecule has 4 rings (SSSR count). The first-order chi connectivity index (χ1) is 26.1. The van der Waals surface area contributed by atoms with Crippen molar-refractivity contribution in [2.24, 2.45) is 21.9 Å². The number of fused-ring (bicyclic) bond motifs is 1. The molecule has 55 heavy (non-hydrogen) atoms. The summed E-state index contributed by atoms with van der Waals surface area (Å²) in [5, 5.41) is 9.69. The van der Waals surface area contributed by atoms with Crippen LogP contribution in [0.15, 0.2) is 76.8 Å². The Kier molecular flexibility index (Phi) is 18.0. The molecule has 1 aromatic carbocycles. The lowest BCUT2D eigenvalue weighted by Gasteiger charge is -2.26. The standard InChI is InChI=1S/C37H51FN6O.C8H15NO/c1-9-11-16-39-36(35-28(7)19-30-14-13-26(5)24-43(17-12-10-2)37(30)42-35)41-33-20-27(6)34(22-32(33)38)45-31-15-18-44(29(8)21-31)40-23-25(3)4;1-7(9(3)4)5-6-8(2)10/h11,15-16,18-23,25-26,29H,9-10,12-14,17,24H2,1-8H3,(H,39,41);5-7H,1-4H3/b16-11+,40-23-;6-5+. The summed E-state index contributed by atoms with van der Waals surface area (Å²) in [5.41, 5.74) is 4.16. The average molecular weight is 756 g/mol. The number of halogens is 1. The number of unbranched alkanes of at least 4 members (excludes halogenated alkanes) is 1. The molecule has 3 heterocycles. The fraction of sp³-hybridized carbons (Fsp3) is 0.511. The molecule has 3 unspecified atom stereocenters. The van der Waals surface area contributed by atoms with E-state index in [0.717, 1.165) is 67.8 Å². The number of amidine groups is 1. The van der Waals surface area contributed by atoms with Crippen LogP contribution in [0.25, 0.3) is 0 Å². The summed E-state index contributed by atoms with van der Waals surface area (Å²) < 4.78 is 21.9. The number of nitrogens with one attached hydrogen (secondary N) is 1. The van der Waals surface area contributed by atoms with E-state index < -0.39 is 5.82 Å². The van der Waals surface area contributed by atoms with E-state index in [1.807, 2.05) is 81.5 Å². The molecular weight excluding hydrogens is 690 g/mol. The van der Waals surface area contributed by atoms with E-state index in [4.69, 9.17) is 14.7 Å². The van der Waals surface area contributed by atoms with Crippen LogP contribution in [0.3, 0.4) is 0 Å². The molecule has 0 amide bonds. The van der Waals surface area contributed by atoms with Gasteiger partial charge in [-0.2, -0.15) is 5.10 Å². The fourth-order valence-corrected chi connectivity index (χ4v) is 5.89. The van der Waals surface area contributed by atoms with E-state index in [1.165, 1.54) is 11.6 Å². The predicted octanol–water partition coefficient (Wildman–Crippen LogP) is 10.0. The first kappa shape index (κ1) is 44.8. The largest absolute Gasteiger partial charge is 0.457 e. The molecule has 2 aliphatic heterocycles. The van der Waals surface area contributed by atoms with Gasteiger partial charge in [0.15, 0.2) is 11.6 Å². The summed E-state index contributed by atoms with van der Waals surface area (Å²) >= 11 is 0. The molecule has 10 heteroatoms. The van der Waals surface area contributed by atoms with Crippen LogP contribution in [-0.2, 0) is 11.2 Å². The van der Waals surface area contributed by atoms with Gasteiger partial charge in [-0.1, -0.05) is 59.3 Å². The summed E-state index contributed by atoms with van der Waals surface area (Å²) in [5.74, 6) is 3.30. The summed E-state index contributed by atoms with van der Waals surface area (Å²) in [6, 6.07) is 5.80. The molecule has 9 nitrogen and oxygen atoms in total. The predicted molar refractivity (Wildman–Crippen MR) is 230 cm³/mol. The van der Waals surface area contributed by atoms with Gasteiger partial charge in [-0.25, -0.2) is 14.4 Å². The molecule has 300 valence electrons. The molecular formula is C45H66FN7O2. The van der Waals surface area contributed by atoms with Crippen molar-refractivity contribution in [2.75, 3.05) is 37.4 Å².